The Morgan fingerprint density at radius 1 is 1.00 bits per heavy atom. The van der Waals surface area contributed by atoms with Crippen molar-refractivity contribution in [2.45, 2.75) is 32.0 Å². The Bertz CT molecular complexity index is 594. The zero-order valence-electron chi connectivity index (χ0n) is 11.7. The van der Waals surface area contributed by atoms with Crippen LogP contribution in [0.15, 0.2) is 36.4 Å². The van der Waals surface area contributed by atoms with E-state index >= 15 is 0 Å². The molecule has 0 spiro atoms. The van der Waals surface area contributed by atoms with E-state index in [4.69, 9.17) is 5.73 Å². The van der Waals surface area contributed by atoms with E-state index < -0.39 is 12.6 Å². The number of hydrogen-bond acceptors (Lipinski definition) is 2. The standard InChI is InChI=1S/C16H19F3N2/c17-16(18,19)7-3-4-8-21-11-14-9-12-5-1-2-6-13(12)10-15(14)20/h1-2,5-6,9-10,21H,3-4,7-8,11,20H2. The van der Waals surface area contributed by atoms with Crippen molar-refractivity contribution in [1.82, 2.24) is 5.32 Å². The van der Waals surface area contributed by atoms with E-state index in [9.17, 15) is 13.2 Å². The molecule has 0 bridgehead atoms. The van der Waals surface area contributed by atoms with Crippen LogP contribution >= 0.6 is 0 Å². The lowest BCUT2D eigenvalue weighted by molar-refractivity contribution is -0.135. The van der Waals surface area contributed by atoms with Crippen molar-refractivity contribution >= 4 is 16.5 Å². The number of unbranched alkanes of at least 4 members (excludes halogenated alkanes) is 1. The molecule has 0 aliphatic heterocycles. The molecular weight excluding hydrogens is 277 g/mol. The first-order chi connectivity index (χ1) is 9.96. The van der Waals surface area contributed by atoms with E-state index in [1.165, 1.54) is 0 Å². The lowest BCUT2D eigenvalue weighted by Crippen LogP contribution is -2.16. The lowest BCUT2D eigenvalue weighted by Gasteiger charge is -2.10. The van der Waals surface area contributed by atoms with Gasteiger partial charge in [0.15, 0.2) is 0 Å². The molecule has 0 atom stereocenters. The molecule has 0 amide bonds. The van der Waals surface area contributed by atoms with Gasteiger partial charge in [0.25, 0.3) is 0 Å². The Balaban J connectivity index is 1.82. The molecule has 0 radical (unpaired) electrons. The SMILES string of the molecule is Nc1cc2ccccc2cc1CNCCCCC(F)(F)F. The van der Waals surface area contributed by atoms with Gasteiger partial charge in [-0.2, -0.15) is 13.2 Å². The normalized spacial score (nSPS) is 12.0. The molecular formula is C16H19F3N2. The van der Waals surface area contributed by atoms with Crippen LogP contribution in [-0.4, -0.2) is 12.7 Å². The third-order valence-electron chi connectivity index (χ3n) is 3.39. The molecule has 2 aromatic rings. The molecule has 2 rings (SSSR count). The van der Waals surface area contributed by atoms with Gasteiger partial charge in [-0.25, -0.2) is 0 Å². The molecule has 5 heteroatoms. The van der Waals surface area contributed by atoms with Crippen LogP contribution in [0.25, 0.3) is 10.8 Å². The van der Waals surface area contributed by atoms with E-state index in [-0.39, 0.29) is 6.42 Å². The van der Waals surface area contributed by atoms with Gasteiger partial charge in [-0.3, -0.25) is 0 Å². The minimum absolute atomic E-state index is 0.156. The number of anilines is 1. The highest BCUT2D eigenvalue weighted by atomic mass is 19.4. The summed E-state index contributed by atoms with van der Waals surface area (Å²) in [6.45, 7) is 1.13. The molecule has 0 unspecified atom stereocenters. The average molecular weight is 296 g/mol. The second-order valence-corrected chi connectivity index (χ2v) is 5.15. The number of nitrogen functional groups attached to an aromatic ring is 1. The van der Waals surface area contributed by atoms with Gasteiger partial charge in [0.1, 0.15) is 0 Å². The largest absolute Gasteiger partial charge is 0.398 e. The molecule has 2 aromatic carbocycles. The summed E-state index contributed by atoms with van der Waals surface area (Å²) in [5.41, 5.74) is 7.68. The highest BCUT2D eigenvalue weighted by Gasteiger charge is 2.25. The predicted molar refractivity (Wildman–Crippen MR) is 80.0 cm³/mol. The molecule has 2 nitrogen and oxygen atoms in total. The van der Waals surface area contributed by atoms with E-state index in [1.54, 1.807) is 0 Å². The summed E-state index contributed by atoms with van der Waals surface area (Å²) in [5.74, 6) is 0. The van der Waals surface area contributed by atoms with Crippen molar-refractivity contribution in [1.29, 1.82) is 0 Å². The first-order valence-corrected chi connectivity index (χ1v) is 7.00. The summed E-state index contributed by atoms with van der Waals surface area (Å²) in [6, 6.07) is 11.9. The highest BCUT2D eigenvalue weighted by molar-refractivity contribution is 5.86. The first kappa shape index (κ1) is 15.6. The highest BCUT2D eigenvalue weighted by Crippen LogP contribution is 2.23. The third kappa shape index (κ3) is 4.93. The summed E-state index contributed by atoms with van der Waals surface area (Å²) in [5, 5.41) is 5.34. The number of alkyl halides is 3. The van der Waals surface area contributed by atoms with Crippen LogP contribution < -0.4 is 11.1 Å². The number of hydrogen-bond donors (Lipinski definition) is 2. The number of nitrogens with one attached hydrogen (secondary N) is 1. The van der Waals surface area contributed by atoms with Crippen LogP contribution in [0.4, 0.5) is 18.9 Å². The second kappa shape index (κ2) is 6.80. The quantitative estimate of drug-likeness (QED) is 0.618. The average Bonchev–Trinajstić information content (AvgIpc) is 2.41. The zero-order valence-corrected chi connectivity index (χ0v) is 11.7. The number of rotatable bonds is 6. The molecule has 0 saturated heterocycles. The van der Waals surface area contributed by atoms with Crippen molar-refractivity contribution in [3.63, 3.8) is 0 Å². The van der Waals surface area contributed by atoms with Gasteiger partial charge in [-0.05, 0) is 47.9 Å². The molecule has 0 saturated carbocycles. The van der Waals surface area contributed by atoms with E-state index in [0.29, 0.717) is 25.2 Å². The number of benzene rings is 2. The molecule has 0 heterocycles. The van der Waals surface area contributed by atoms with Crippen molar-refractivity contribution in [2.75, 3.05) is 12.3 Å². The monoisotopic (exact) mass is 296 g/mol. The maximum Gasteiger partial charge on any atom is 0.389 e. The van der Waals surface area contributed by atoms with Crippen molar-refractivity contribution in [3.05, 3.63) is 42.0 Å². The van der Waals surface area contributed by atoms with Gasteiger partial charge in [-0.1, -0.05) is 24.3 Å². The van der Waals surface area contributed by atoms with Crippen LogP contribution in [0.1, 0.15) is 24.8 Å². The van der Waals surface area contributed by atoms with Gasteiger partial charge in [0.2, 0.25) is 0 Å². The Morgan fingerprint density at radius 3 is 2.33 bits per heavy atom. The van der Waals surface area contributed by atoms with Crippen molar-refractivity contribution in [3.8, 4) is 0 Å². The fourth-order valence-electron chi connectivity index (χ4n) is 2.26. The maximum atomic E-state index is 12.0. The summed E-state index contributed by atoms with van der Waals surface area (Å²) in [4.78, 5) is 0. The van der Waals surface area contributed by atoms with Crippen LogP contribution in [-0.2, 0) is 6.54 Å². The Hall–Kier alpha value is -1.75. The van der Waals surface area contributed by atoms with Crippen LogP contribution in [0, 0.1) is 0 Å². The summed E-state index contributed by atoms with van der Waals surface area (Å²) in [6.07, 6.45) is -4.10. The van der Waals surface area contributed by atoms with Gasteiger partial charge in [-0.15, -0.1) is 0 Å². The number of fused-ring (bicyclic) bond motifs is 1. The Labute approximate surface area is 122 Å². The minimum atomic E-state index is -4.05. The maximum absolute atomic E-state index is 12.0. The van der Waals surface area contributed by atoms with Crippen molar-refractivity contribution < 1.29 is 13.2 Å². The van der Waals surface area contributed by atoms with Gasteiger partial charge < -0.3 is 11.1 Å². The molecule has 0 fully saturated rings. The Morgan fingerprint density at radius 2 is 1.67 bits per heavy atom. The minimum Gasteiger partial charge on any atom is -0.398 e. The van der Waals surface area contributed by atoms with E-state index in [2.05, 4.69) is 5.32 Å². The molecule has 0 aromatic heterocycles. The fraction of sp³-hybridized carbons (Fsp3) is 0.375. The molecule has 0 aliphatic rings. The van der Waals surface area contributed by atoms with Gasteiger partial charge in [0.05, 0.1) is 0 Å². The molecule has 3 N–H and O–H groups in total. The summed E-state index contributed by atoms with van der Waals surface area (Å²) in [7, 11) is 0. The third-order valence-corrected chi connectivity index (χ3v) is 3.39. The second-order valence-electron chi connectivity index (χ2n) is 5.15. The van der Waals surface area contributed by atoms with Crippen LogP contribution in [0.2, 0.25) is 0 Å². The summed E-state index contributed by atoms with van der Waals surface area (Å²) >= 11 is 0. The zero-order chi connectivity index (χ0) is 15.3. The molecule has 21 heavy (non-hydrogen) atoms. The molecule has 0 aliphatic carbocycles. The van der Waals surface area contributed by atoms with Crippen LogP contribution in [0.5, 0.6) is 0 Å². The van der Waals surface area contributed by atoms with Gasteiger partial charge >= 0.3 is 6.18 Å². The van der Waals surface area contributed by atoms with E-state index in [1.807, 2.05) is 36.4 Å². The summed E-state index contributed by atoms with van der Waals surface area (Å²) < 4.78 is 36.0. The predicted octanol–water partition coefficient (Wildman–Crippen LogP) is 4.24. The Kier molecular flexibility index (Phi) is 5.07. The first-order valence-electron chi connectivity index (χ1n) is 7.00. The topological polar surface area (TPSA) is 38.0 Å². The van der Waals surface area contributed by atoms with Crippen molar-refractivity contribution in [2.24, 2.45) is 0 Å². The lowest BCUT2D eigenvalue weighted by atomic mass is 10.1. The smallest absolute Gasteiger partial charge is 0.389 e. The fourth-order valence-corrected chi connectivity index (χ4v) is 2.26. The number of halogens is 3. The van der Waals surface area contributed by atoms with Crippen LogP contribution in [0.3, 0.4) is 0 Å². The number of nitrogens with two attached hydrogens (primary N) is 1. The van der Waals surface area contributed by atoms with Gasteiger partial charge in [0, 0.05) is 18.7 Å². The molecule has 114 valence electrons. The van der Waals surface area contributed by atoms with E-state index in [0.717, 1.165) is 16.3 Å².